The molecule has 0 atom stereocenters. The SMILES string of the molecule is COc1ccc(S(=O)(=O)N2CCN(c3ccc(N4CCCCCC4)nn3)CC2)cc1C. The van der Waals surface area contributed by atoms with E-state index in [0.717, 1.165) is 30.3 Å². The number of ether oxygens (including phenoxy) is 1. The van der Waals surface area contributed by atoms with Crippen molar-refractivity contribution in [1.82, 2.24) is 14.5 Å². The molecule has 0 bridgehead atoms. The van der Waals surface area contributed by atoms with Gasteiger partial charge < -0.3 is 14.5 Å². The first-order valence-electron chi connectivity index (χ1n) is 11.0. The second-order valence-corrected chi connectivity index (χ2v) is 10.1. The second kappa shape index (κ2) is 9.40. The van der Waals surface area contributed by atoms with E-state index in [1.54, 1.807) is 29.6 Å². The van der Waals surface area contributed by atoms with Crippen molar-refractivity contribution in [2.45, 2.75) is 37.5 Å². The van der Waals surface area contributed by atoms with E-state index in [-0.39, 0.29) is 0 Å². The van der Waals surface area contributed by atoms with Gasteiger partial charge in [0.1, 0.15) is 5.75 Å². The first-order valence-corrected chi connectivity index (χ1v) is 12.4. The Morgan fingerprint density at radius 1 is 0.806 bits per heavy atom. The van der Waals surface area contributed by atoms with Gasteiger partial charge in [-0.25, -0.2) is 8.42 Å². The summed E-state index contributed by atoms with van der Waals surface area (Å²) in [5.74, 6) is 2.42. The molecule has 0 amide bonds. The summed E-state index contributed by atoms with van der Waals surface area (Å²) in [6.45, 7) is 5.94. The van der Waals surface area contributed by atoms with E-state index >= 15 is 0 Å². The Bertz CT molecular complexity index is 981. The molecule has 0 aliphatic carbocycles. The number of sulfonamides is 1. The Balaban J connectivity index is 1.39. The van der Waals surface area contributed by atoms with Crippen molar-refractivity contribution in [3.05, 3.63) is 35.9 Å². The summed E-state index contributed by atoms with van der Waals surface area (Å²) in [5.41, 5.74) is 0.807. The summed E-state index contributed by atoms with van der Waals surface area (Å²) in [7, 11) is -1.95. The summed E-state index contributed by atoms with van der Waals surface area (Å²) in [6.07, 6.45) is 4.97. The lowest BCUT2D eigenvalue weighted by atomic mass is 10.2. The molecule has 2 aromatic rings. The highest BCUT2D eigenvalue weighted by Crippen LogP contribution is 2.25. The third kappa shape index (κ3) is 4.77. The number of aryl methyl sites for hydroxylation is 1. The molecule has 2 aliphatic heterocycles. The Hall–Kier alpha value is -2.39. The van der Waals surface area contributed by atoms with Crippen LogP contribution in [-0.2, 0) is 10.0 Å². The summed E-state index contributed by atoms with van der Waals surface area (Å²) in [6, 6.07) is 9.04. The van der Waals surface area contributed by atoms with Gasteiger partial charge in [0, 0.05) is 39.3 Å². The van der Waals surface area contributed by atoms with Crippen LogP contribution in [0, 0.1) is 6.92 Å². The van der Waals surface area contributed by atoms with Crippen molar-refractivity contribution in [3.8, 4) is 5.75 Å². The molecule has 4 rings (SSSR count). The minimum Gasteiger partial charge on any atom is -0.496 e. The predicted octanol–water partition coefficient (Wildman–Crippen LogP) is 2.68. The maximum Gasteiger partial charge on any atom is 0.243 e. The molecule has 9 heteroatoms. The van der Waals surface area contributed by atoms with E-state index in [9.17, 15) is 8.42 Å². The zero-order valence-corrected chi connectivity index (χ0v) is 19.1. The standard InChI is InChI=1S/C22H31N5O3S/c1-18-17-19(7-8-20(18)30-2)31(28,29)27-15-13-26(14-16-27)22-10-9-21(23-24-22)25-11-5-3-4-6-12-25/h7-10,17H,3-6,11-16H2,1-2H3. The molecule has 1 aromatic heterocycles. The van der Waals surface area contributed by atoms with Crippen LogP contribution in [0.1, 0.15) is 31.2 Å². The first kappa shape index (κ1) is 21.8. The minimum absolute atomic E-state index is 0.306. The van der Waals surface area contributed by atoms with Gasteiger partial charge in [-0.1, -0.05) is 12.8 Å². The smallest absolute Gasteiger partial charge is 0.243 e. The molecule has 0 radical (unpaired) electrons. The van der Waals surface area contributed by atoms with Crippen molar-refractivity contribution in [1.29, 1.82) is 0 Å². The van der Waals surface area contributed by atoms with Crippen LogP contribution in [-0.4, -0.2) is 69.3 Å². The largest absolute Gasteiger partial charge is 0.496 e. The van der Waals surface area contributed by atoms with Crippen molar-refractivity contribution < 1.29 is 13.2 Å². The lowest BCUT2D eigenvalue weighted by molar-refractivity contribution is 0.383. The lowest BCUT2D eigenvalue weighted by Gasteiger charge is -2.34. The van der Waals surface area contributed by atoms with Crippen molar-refractivity contribution in [2.75, 3.05) is 56.2 Å². The van der Waals surface area contributed by atoms with Crippen molar-refractivity contribution >= 4 is 21.7 Å². The number of methoxy groups -OCH3 is 1. The zero-order chi connectivity index (χ0) is 21.8. The first-order chi connectivity index (χ1) is 15.0. The molecule has 2 aliphatic rings. The zero-order valence-electron chi connectivity index (χ0n) is 18.3. The van der Waals surface area contributed by atoms with Crippen LogP contribution in [0.25, 0.3) is 0 Å². The Kier molecular flexibility index (Phi) is 6.62. The van der Waals surface area contributed by atoms with Crippen LogP contribution >= 0.6 is 0 Å². The Labute approximate surface area is 184 Å². The maximum absolute atomic E-state index is 13.1. The maximum atomic E-state index is 13.1. The molecule has 0 unspecified atom stereocenters. The molecule has 1 aromatic carbocycles. The lowest BCUT2D eigenvalue weighted by Crippen LogP contribution is -2.49. The van der Waals surface area contributed by atoms with Crippen LogP contribution < -0.4 is 14.5 Å². The number of aromatic nitrogens is 2. The van der Waals surface area contributed by atoms with Crippen molar-refractivity contribution in [2.24, 2.45) is 0 Å². The van der Waals surface area contributed by atoms with E-state index < -0.39 is 10.0 Å². The van der Waals surface area contributed by atoms with E-state index in [1.165, 1.54) is 25.7 Å². The van der Waals surface area contributed by atoms with Gasteiger partial charge in [-0.15, -0.1) is 10.2 Å². The van der Waals surface area contributed by atoms with E-state index in [2.05, 4.69) is 20.0 Å². The van der Waals surface area contributed by atoms with Crippen LogP contribution in [0.4, 0.5) is 11.6 Å². The van der Waals surface area contributed by atoms with Gasteiger partial charge in [-0.3, -0.25) is 0 Å². The summed E-state index contributed by atoms with van der Waals surface area (Å²) >= 11 is 0. The average Bonchev–Trinajstić information content (AvgIpc) is 3.09. The fourth-order valence-corrected chi connectivity index (χ4v) is 5.78. The monoisotopic (exact) mass is 445 g/mol. The van der Waals surface area contributed by atoms with Gasteiger partial charge in [-0.05, 0) is 55.7 Å². The molecule has 0 spiro atoms. The Morgan fingerprint density at radius 3 is 1.90 bits per heavy atom. The summed E-state index contributed by atoms with van der Waals surface area (Å²) in [4.78, 5) is 4.72. The summed E-state index contributed by atoms with van der Waals surface area (Å²) < 4.78 is 32.9. The van der Waals surface area contributed by atoms with Gasteiger partial charge in [0.2, 0.25) is 10.0 Å². The number of piperazine rings is 1. The fraction of sp³-hybridized carbons (Fsp3) is 0.545. The third-order valence-corrected chi connectivity index (χ3v) is 8.03. The molecule has 0 N–H and O–H groups in total. The molecular formula is C22H31N5O3S. The highest BCUT2D eigenvalue weighted by Gasteiger charge is 2.29. The predicted molar refractivity (Wildman–Crippen MR) is 121 cm³/mol. The van der Waals surface area contributed by atoms with Gasteiger partial charge in [0.05, 0.1) is 12.0 Å². The molecule has 2 saturated heterocycles. The molecule has 2 fully saturated rings. The molecular weight excluding hydrogens is 414 g/mol. The molecule has 8 nitrogen and oxygen atoms in total. The van der Waals surface area contributed by atoms with Crippen LogP contribution in [0.3, 0.4) is 0 Å². The van der Waals surface area contributed by atoms with Crippen LogP contribution in [0.15, 0.2) is 35.2 Å². The normalized spacial score (nSPS) is 18.6. The Morgan fingerprint density at radius 2 is 1.39 bits per heavy atom. The van der Waals surface area contributed by atoms with Gasteiger partial charge in [0.25, 0.3) is 0 Å². The van der Waals surface area contributed by atoms with E-state index in [4.69, 9.17) is 4.74 Å². The fourth-order valence-electron chi connectivity index (χ4n) is 4.27. The average molecular weight is 446 g/mol. The summed E-state index contributed by atoms with van der Waals surface area (Å²) in [5, 5.41) is 8.89. The van der Waals surface area contributed by atoms with Crippen LogP contribution in [0.2, 0.25) is 0 Å². The minimum atomic E-state index is -3.53. The topological polar surface area (TPSA) is 78.9 Å². The molecule has 168 valence electrons. The number of anilines is 2. The van der Waals surface area contributed by atoms with E-state index in [1.807, 2.05) is 19.1 Å². The van der Waals surface area contributed by atoms with Gasteiger partial charge in [0.15, 0.2) is 11.6 Å². The van der Waals surface area contributed by atoms with E-state index in [0.29, 0.717) is 36.8 Å². The number of hydrogen-bond acceptors (Lipinski definition) is 7. The molecule has 0 saturated carbocycles. The third-order valence-electron chi connectivity index (χ3n) is 6.13. The highest BCUT2D eigenvalue weighted by atomic mass is 32.2. The number of nitrogens with zero attached hydrogens (tertiary/aromatic N) is 5. The second-order valence-electron chi connectivity index (χ2n) is 8.17. The van der Waals surface area contributed by atoms with Gasteiger partial charge in [-0.2, -0.15) is 4.31 Å². The number of benzene rings is 1. The quantitative estimate of drug-likeness (QED) is 0.700. The van der Waals surface area contributed by atoms with Gasteiger partial charge >= 0.3 is 0 Å². The molecule has 3 heterocycles. The highest BCUT2D eigenvalue weighted by molar-refractivity contribution is 7.89. The van der Waals surface area contributed by atoms with Crippen molar-refractivity contribution in [3.63, 3.8) is 0 Å². The number of rotatable bonds is 5. The van der Waals surface area contributed by atoms with Crippen LogP contribution in [0.5, 0.6) is 5.75 Å². The number of hydrogen-bond donors (Lipinski definition) is 0. The molecule has 31 heavy (non-hydrogen) atoms.